The van der Waals surface area contributed by atoms with Crippen LogP contribution in [-0.4, -0.2) is 16.4 Å². The molecule has 1 aromatic heterocycles. The fourth-order valence-corrected chi connectivity index (χ4v) is 5.27. The van der Waals surface area contributed by atoms with Gasteiger partial charge >= 0.3 is 0 Å². The number of halogens is 2. The Morgan fingerprint density at radius 1 is 0.935 bits per heavy atom. The van der Waals surface area contributed by atoms with Crippen LogP contribution in [0.15, 0.2) is 78.3 Å². The molecule has 0 aliphatic carbocycles. The van der Waals surface area contributed by atoms with Crippen LogP contribution in [0.1, 0.15) is 125 Å². The standard InChI is InChI=1S/C16H15F2N.C14H21N.C9H20.C3H8/c1-11(14-7-4-12(2)19-10-14)3-5-13-6-8-15(17)16(18)9-13;1-9(2)13-7-14-6-10(3)11(4)12(5)15(14)8-13;1-5-8(3)7-9(4)6-2;1-3-2/h4,6-10H,1,3,5H2,2H3;7,9,13H,3,6,8H2,1-2,4-5H3;8-9H,5-7H2,1-4H3;3H2,1-2H3. The minimum atomic E-state index is -0.815. The summed E-state index contributed by atoms with van der Waals surface area (Å²) in [7, 11) is 0. The predicted octanol–water partition coefficient (Wildman–Crippen LogP) is 12.9. The SMILES string of the molecule is C=C(CCc1ccc(F)c(F)c1)c1ccc(C)nc1.C=C1CC2=CC(C(C)C)CN2C(C)=C1C.CCC.CCC(C)CC(C)CC. The maximum atomic E-state index is 13.1. The van der Waals surface area contributed by atoms with Crippen molar-refractivity contribution in [3.05, 3.63) is 107 Å². The van der Waals surface area contributed by atoms with Crippen molar-refractivity contribution in [1.29, 1.82) is 0 Å². The molecule has 256 valence electrons. The van der Waals surface area contributed by atoms with Crippen LogP contribution in [0.2, 0.25) is 0 Å². The van der Waals surface area contributed by atoms with Gasteiger partial charge in [0.1, 0.15) is 0 Å². The molecule has 3 heterocycles. The molecule has 0 spiro atoms. The number of aryl methyl sites for hydroxylation is 2. The summed E-state index contributed by atoms with van der Waals surface area (Å²) in [6.07, 6.45) is 11.9. The highest BCUT2D eigenvalue weighted by Crippen LogP contribution is 2.38. The average Bonchev–Trinajstić information content (AvgIpc) is 3.46. The van der Waals surface area contributed by atoms with E-state index >= 15 is 0 Å². The lowest BCUT2D eigenvalue weighted by atomic mass is 9.94. The van der Waals surface area contributed by atoms with Gasteiger partial charge in [-0.05, 0) is 110 Å². The van der Waals surface area contributed by atoms with Crippen molar-refractivity contribution in [2.75, 3.05) is 6.54 Å². The first-order valence-corrected chi connectivity index (χ1v) is 17.6. The van der Waals surface area contributed by atoms with Gasteiger partial charge in [-0.1, -0.05) is 106 Å². The van der Waals surface area contributed by atoms with Gasteiger partial charge < -0.3 is 4.90 Å². The van der Waals surface area contributed by atoms with E-state index in [2.05, 4.69) is 98.4 Å². The molecule has 1 aromatic carbocycles. The third-order valence-corrected chi connectivity index (χ3v) is 9.09. The van der Waals surface area contributed by atoms with Gasteiger partial charge in [-0.2, -0.15) is 0 Å². The fraction of sp³-hybridized carbons (Fsp3) is 0.548. The zero-order valence-electron chi connectivity index (χ0n) is 31.1. The first-order chi connectivity index (χ1) is 21.7. The van der Waals surface area contributed by atoms with E-state index in [1.54, 1.807) is 12.3 Å². The topological polar surface area (TPSA) is 16.1 Å². The number of nitrogens with zero attached hydrogens (tertiary/aromatic N) is 2. The molecule has 4 heteroatoms. The molecule has 0 saturated carbocycles. The lowest BCUT2D eigenvalue weighted by molar-refractivity contribution is 0.357. The normalized spacial score (nSPS) is 16.7. The number of fused-ring (bicyclic) bond motifs is 1. The van der Waals surface area contributed by atoms with Gasteiger partial charge in [0.25, 0.3) is 0 Å². The van der Waals surface area contributed by atoms with E-state index in [1.807, 2.05) is 19.1 Å². The van der Waals surface area contributed by atoms with Crippen LogP contribution in [0.25, 0.3) is 5.57 Å². The number of hydrogen-bond acceptors (Lipinski definition) is 2. The Balaban J connectivity index is 0.000000350. The van der Waals surface area contributed by atoms with E-state index < -0.39 is 11.6 Å². The fourth-order valence-electron chi connectivity index (χ4n) is 5.27. The molecule has 3 unspecified atom stereocenters. The first kappa shape index (κ1) is 41.0. The molecule has 46 heavy (non-hydrogen) atoms. The Kier molecular flexibility index (Phi) is 18.7. The smallest absolute Gasteiger partial charge is 0.159 e. The molecule has 0 bridgehead atoms. The number of benzene rings is 1. The molecule has 2 nitrogen and oxygen atoms in total. The summed E-state index contributed by atoms with van der Waals surface area (Å²) in [6, 6.07) is 7.88. The number of hydrogen-bond donors (Lipinski definition) is 0. The van der Waals surface area contributed by atoms with Gasteiger partial charge in [0.05, 0.1) is 0 Å². The van der Waals surface area contributed by atoms with Crippen molar-refractivity contribution < 1.29 is 8.78 Å². The van der Waals surface area contributed by atoms with E-state index in [1.165, 1.54) is 60.8 Å². The van der Waals surface area contributed by atoms with Crippen LogP contribution >= 0.6 is 0 Å². The second-order valence-electron chi connectivity index (χ2n) is 13.7. The van der Waals surface area contributed by atoms with Gasteiger partial charge in [0.2, 0.25) is 0 Å². The second-order valence-corrected chi connectivity index (χ2v) is 13.7. The minimum Gasteiger partial charge on any atom is -0.348 e. The summed E-state index contributed by atoms with van der Waals surface area (Å²) in [6.45, 7) is 33.7. The molecule has 4 rings (SSSR count). The van der Waals surface area contributed by atoms with E-state index in [0.29, 0.717) is 18.8 Å². The monoisotopic (exact) mass is 635 g/mol. The first-order valence-electron chi connectivity index (χ1n) is 17.6. The third kappa shape index (κ3) is 13.8. The van der Waals surface area contributed by atoms with E-state index in [4.69, 9.17) is 0 Å². The van der Waals surface area contributed by atoms with Gasteiger partial charge in [-0.3, -0.25) is 4.98 Å². The van der Waals surface area contributed by atoms with Gasteiger partial charge in [-0.15, -0.1) is 0 Å². The highest BCUT2D eigenvalue weighted by Gasteiger charge is 2.30. The van der Waals surface area contributed by atoms with Crippen LogP contribution < -0.4 is 0 Å². The lowest BCUT2D eigenvalue weighted by Gasteiger charge is -2.31. The van der Waals surface area contributed by atoms with Crippen LogP contribution in [0.4, 0.5) is 8.78 Å². The molecule has 3 atom stereocenters. The Bertz CT molecular complexity index is 1280. The molecule has 0 amide bonds. The number of rotatable bonds is 9. The highest BCUT2D eigenvalue weighted by atomic mass is 19.2. The zero-order valence-corrected chi connectivity index (χ0v) is 31.1. The van der Waals surface area contributed by atoms with E-state index in [-0.39, 0.29) is 0 Å². The largest absolute Gasteiger partial charge is 0.348 e. The van der Waals surface area contributed by atoms with Crippen molar-refractivity contribution in [3.8, 4) is 0 Å². The average molecular weight is 635 g/mol. The molecule has 0 saturated heterocycles. The maximum absolute atomic E-state index is 13.1. The van der Waals surface area contributed by atoms with Crippen LogP contribution in [0.5, 0.6) is 0 Å². The molecule has 0 fully saturated rings. The minimum absolute atomic E-state index is 0.629. The quantitative estimate of drug-likeness (QED) is 0.273. The Labute approximate surface area is 281 Å². The maximum Gasteiger partial charge on any atom is 0.159 e. The molecule has 2 aromatic rings. The number of pyridine rings is 1. The lowest BCUT2D eigenvalue weighted by Crippen LogP contribution is -2.25. The van der Waals surface area contributed by atoms with Crippen LogP contribution in [0.3, 0.4) is 0 Å². The van der Waals surface area contributed by atoms with Crippen LogP contribution in [0, 0.1) is 42.2 Å². The molecular formula is C42H64F2N2. The van der Waals surface area contributed by atoms with E-state index in [0.717, 1.165) is 52.6 Å². The van der Waals surface area contributed by atoms with Gasteiger partial charge in [-0.25, -0.2) is 8.78 Å². The summed E-state index contributed by atoms with van der Waals surface area (Å²) in [5.74, 6) is 1.70. The Morgan fingerprint density at radius 3 is 2.04 bits per heavy atom. The molecule has 2 aliphatic rings. The summed E-state index contributed by atoms with van der Waals surface area (Å²) in [5.41, 5.74) is 9.20. The number of aromatic nitrogens is 1. The predicted molar refractivity (Wildman–Crippen MR) is 197 cm³/mol. The van der Waals surface area contributed by atoms with E-state index in [9.17, 15) is 8.78 Å². The van der Waals surface area contributed by atoms with Crippen molar-refractivity contribution in [3.63, 3.8) is 0 Å². The number of allylic oxidation sites excluding steroid dienone is 4. The summed E-state index contributed by atoms with van der Waals surface area (Å²) in [4.78, 5) is 6.69. The van der Waals surface area contributed by atoms with Crippen molar-refractivity contribution in [2.45, 2.75) is 121 Å². The van der Waals surface area contributed by atoms with Crippen molar-refractivity contribution >= 4 is 5.57 Å². The molecular weight excluding hydrogens is 570 g/mol. The molecule has 0 N–H and O–H groups in total. The van der Waals surface area contributed by atoms with Crippen LogP contribution in [-0.2, 0) is 6.42 Å². The summed E-state index contributed by atoms with van der Waals surface area (Å²) in [5, 5.41) is 0. The van der Waals surface area contributed by atoms with Gasteiger partial charge in [0.15, 0.2) is 11.6 Å². The molecule has 0 radical (unpaired) electrons. The third-order valence-electron chi connectivity index (χ3n) is 9.09. The summed E-state index contributed by atoms with van der Waals surface area (Å²) < 4.78 is 25.9. The van der Waals surface area contributed by atoms with Crippen molar-refractivity contribution in [1.82, 2.24) is 9.88 Å². The Morgan fingerprint density at radius 2 is 1.54 bits per heavy atom. The molecule has 2 aliphatic heterocycles. The summed E-state index contributed by atoms with van der Waals surface area (Å²) >= 11 is 0. The van der Waals surface area contributed by atoms with Crippen molar-refractivity contribution in [2.24, 2.45) is 23.7 Å². The second kappa shape index (κ2) is 21.0. The Hall–Kier alpha value is -3.01. The van der Waals surface area contributed by atoms with Gasteiger partial charge in [0, 0.05) is 36.3 Å². The zero-order chi connectivity index (χ0) is 35.0. The highest BCUT2D eigenvalue weighted by molar-refractivity contribution is 5.62.